The Bertz CT molecular complexity index is 1010. The molecule has 2 heterocycles. The Balaban J connectivity index is 1.17. The van der Waals surface area contributed by atoms with Gasteiger partial charge >= 0.3 is 0 Å². The van der Waals surface area contributed by atoms with Crippen LogP contribution in [0.2, 0.25) is 0 Å². The molecule has 1 aromatic carbocycles. The molecule has 36 heavy (non-hydrogen) atoms. The zero-order chi connectivity index (χ0) is 25.5. The molecule has 0 saturated heterocycles. The number of carbonyl (C=O) groups excluding carboxylic acids is 1. The molecule has 0 atom stereocenters. The quantitative estimate of drug-likeness (QED) is 0.399. The van der Waals surface area contributed by atoms with Crippen molar-refractivity contribution in [1.82, 2.24) is 15.2 Å². The first-order valence-corrected chi connectivity index (χ1v) is 13.5. The first kappa shape index (κ1) is 26.5. The van der Waals surface area contributed by atoms with Gasteiger partial charge in [-0.2, -0.15) is 0 Å². The number of anilines is 1. The first-order valence-electron chi connectivity index (χ1n) is 12.7. The molecule has 7 nitrogen and oxygen atoms in total. The number of fused-ring (bicyclic) bond motifs is 1. The van der Waals surface area contributed by atoms with Gasteiger partial charge in [-0.15, -0.1) is 0 Å². The summed E-state index contributed by atoms with van der Waals surface area (Å²) in [6, 6.07) is 5.57. The highest BCUT2D eigenvalue weighted by Crippen LogP contribution is 2.30. The maximum absolute atomic E-state index is 12.7. The van der Waals surface area contributed by atoms with E-state index in [1.54, 1.807) is 25.2 Å². The Hall–Kier alpha value is -2.59. The van der Waals surface area contributed by atoms with Gasteiger partial charge in [0.15, 0.2) is 6.61 Å². The average molecular weight is 520 g/mol. The molecule has 1 fully saturated rings. The van der Waals surface area contributed by atoms with Crippen molar-refractivity contribution in [2.75, 3.05) is 38.6 Å². The Morgan fingerprint density at radius 2 is 2.06 bits per heavy atom. The molecule has 0 radical (unpaired) electrons. The lowest BCUT2D eigenvalue weighted by molar-refractivity contribution is 0.0816. The smallest absolute Gasteiger partial charge is 0.273 e. The van der Waals surface area contributed by atoms with Crippen molar-refractivity contribution in [1.29, 1.82) is 5.41 Å². The van der Waals surface area contributed by atoms with Crippen molar-refractivity contribution in [2.45, 2.75) is 57.4 Å². The van der Waals surface area contributed by atoms with Crippen LogP contribution in [-0.2, 0) is 12.8 Å². The third kappa shape index (κ3) is 7.00. The number of nitrogens with zero attached hydrogens (tertiary/aromatic N) is 2. The van der Waals surface area contributed by atoms with Crippen LogP contribution in [0.1, 0.15) is 58.6 Å². The van der Waals surface area contributed by atoms with Gasteiger partial charge in [-0.25, -0.2) is 13.8 Å². The molecule has 196 valence electrons. The molecule has 0 bridgehead atoms. The maximum Gasteiger partial charge on any atom is 0.273 e. The zero-order valence-corrected chi connectivity index (χ0v) is 21.5. The minimum atomic E-state index is -2.48. The monoisotopic (exact) mass is 519 g/mol. The Kier molecular flexibility index (Phi) is 9.25. The minimum absolute atomic E-state index is 0.0557. The number of nitrogens with one attached hydrogen (secondary N) is 3. The molecule has 2 aromatic rings. The predicted molar refractivity (Wildman–Crippen MR) is 139 cm³/mol. The predicted octanol–water partition coefficient (Wildman–Crippen LogP) is 4.61. The standard InChI is InChI=1S/C26H35F2N5O2S/c1-30-22-14-18(4-5-19(22)15-29)25(34)31-20-6-2-17(3-7-20)8-11-33-12-9-21-23(10-13-33)36-26(32-21)35-16-24(27)28/h4-5,14-15,17,20,24,29-30H,2-3,6-13,16H2,1H3,(H,31,34). The van der Waals surface area contributed by atoms with E-state index in [1.807, 2.05) is 0 Å². The van der Waals surface area contributed by atoms with Gasteiger partial charge in [-0.1, -0.05) is 17.4 Å². The van der Waals surface area contributed by atoms with E-state index >= 15 is 0 Å². The lowest BCUT2D eigenvalue weighted by Crippen LogP contribution is -2.38. The number of rotatable bonds is 10. The molecule has 0 unspecified atom stereocenters. The van der Waals surface area contributed by atoms with E-state index in [0.717, 1.165) is 86.4 Å². The summed E-state index contributed by atoms with van der Waals surface area (Å²) >= 11 is 1.40. The summed E-state index contributed by atoms with van der Waals surface area (Å²) in [7, 11) is 1.79. The molecular formula is C26H35F2N5O2S. The van der Waals surface area contributed by atoms with Crippen LogP contribution < -0.4 is 15.4 Å². The van der Waals surface area contributed by atoms with Gasteiger partial charge in [0, 0.05) is 60.5 Å². The summed E-state index contributed by atoms with van der Waals surface area (Å²) in [5.74, 6) is 0.616. The Labute approximate surface area is 215 Å². The van der Waals surface area contributed by atoms with E-state index in [4.69, 9.17) is 10.1 Å². The van der Waals surface area contributed by atoms with Crippen molar-refractivity contribution in [3.8, 4) is 5.19 Å². The van der Waals surface area contributed by atoms with Crippen LogP contribution in [0.25, 0.3) is 0 Å². The number of carbonyl (C=O) groups is 1. The van der Waals surface area contributed by atoms with E-state index in [9.17, 15) is 13.6 Å². The first-order chi connectivity index (χ1) is 17.4. The summed E-state index contributed by atoms with van der Waals surface area (Å²) in [5.41, 5.74) is 3.15. The lowest BCUT2D eigenvalue weighted by Gasteiger charge is -2.30. The third-order valence-corrected chi connectivity index (χ3v) is 8.26. The van der Waals surface area contributed by atoms with Crippen molar-refractivity contribution >= 4 is 29.1 Å². The number of hydrogen-bond donors (Lipinski definition) is 3. The number of hydrogen-bond acceptors (Lipinski definition) is 7. The largest absolute Gasteiger partial charge is 0.464 e. The van der Waals surface area contributed by atoms with E-state index < -0.39 is 13.0 Å². The second-order valence-corrected chi connectivity index (χ2v) is 10.6. The minimum Gasteiger partial charge on any atom is -0.464 e. The molecule has 3 N–H and O–H groups in total. The van der Waals surface area contributed by atoms with Gasteiger partial charge in [0.25, 0.3) is 17.5 Å². The van der Waals surface area contributed by atoms with Gasteiger partial charge in [-0.3, -0.25) is 4.79 Å². The number of aromatic nitrogens is 1. The molecule has 10 heteroatoms. The van der Waals surface area contributed by atoms with Crippen LogP contribution in [0.3, 0.4) is 0 Å². The van der Waals surface area contributed by atoms with Crippen molar-refractivity contribution in [3.63, 3.8) is 0 Å². The summed E-state index contributed by atoms with van der Waals surface area (Å²) < 4.78 is 29.8. The van der Waals surface area contributed by atoms with Crippen LogP contribution in [0.15, 0.2) is 18.2 Å². The molecule has 1 saturated carbocycles. The van der Waals surface area contributed by atoms with Crippen LogP contribution in [0.5, 0.6) is 5.19 Å². The van der Waals surface area contributed by atoms with Crippen LogP contribution >= 0.6 is 11.3 Å². The molecule has 1 amide bonds. The van der Waals surface area contributed by atoms with Gasteiger partial charge in [0.2, 0.25) is 0 Å². The highest BCUT2D eigenvalue weighted by molar-refractivity contribution is 7.13. The van der Waals surface area contributed by atoms with Crippen molar-refractivity contribution < 1.29 is 18.3 Å². The van der Waals surface area contributed by atoms with E-state index in [0.29, 0.717) is 16.7 Å². The van der Waals surface area contributed by atoms with Gasteiger partial charge in [-0.05, 0) is 63.1 Å². The van der Waals surface area contributed by atoms with Gasteiger partial charge in [0.05, 0.1) is 5.69 Å². The number of benzene rings is 1. The van der Waals surface area contributed by atoms with E-state index in [2.05, 4.69) is 20.5 Å². The normalized spacial score (nSPS) is 20.4. The molecule has 1 aliphatic carbocycles. The topological polar surface area (TPSA) is 90.3 Å². The highest BCUT2D eigenvalue weighted by Gasteiger charge is 2.25. The van der Waals surface area contributed by atoms with E-state index in [1.165, 1.54) is 17.6 Å². The van der Waals surface area contributed by atoms with Crippen LogP contribution in [0.4, 0.5) is 14.5 Å². The van der Waals surface area contributed by atoms with Crippen LogP contribution in [-0.4, -0.2) is 67.8 Å². The van der Waals surface area contributed by atoms with Crippen molar-refractivity contribution in [3.05, 3.63) is 39.9 Å². The summed E-state index contributed by atoms with van der Waals surface area (Å²) in [6.07, 6.45) is 5.90. The number of halogens is 2. The fraction of sp³-hybridized carbons (Fsp3) is 0.577. The summed E-state index contributed by atoms with van der Waals surface area (Å²) in [4.78, 5) is 20.8. The highest BCUT2D eigenvalue weighted by atomic mass is 32.1. The summed E-state index contributed by atoms with van der Waals surface area (Å²) in [5, 5.41) is 14.1. The lowest BCUT2D eigenvalue weighted by atomic mass is 9.84. The second-order valence-electron chi connectivity index (χ2n) is 9.57. The molecule has 1 aromatic heterocycles. The third-order valence-electron chi connectivity index (χ3n) is 7.19. The molecule has 1 aliphatic heterocycles. The number of ether oxygens (including phenoxy) is 1. The molecule has 0 spiro atoms. The zero-order valence-electron chi connectivity index (χ0n) is 20.7. The maximum atomic E-state index is 12.7. The fourth-order valence-corrected chi connectivity index (χ4v) is 6.03. The second kappa shape index (κ2) is 12.6. The summed E-state index contributed by atoms with van der Waals surface area (Å²) in [6.45, 7) is 2.35. The van der Waals surface area contributed by atoms with Crippen LogP contribution in [0, 0.1) is 11.3 Å². The Morgan fingerprint density at radius 3 is 2.78 bits per heavy atom. The van der Waals surface area contributed by atoms with Crippen molar-refractivity contribution in [2.24, 2.45) is 5.92 Å². The van der Waals surface area contributed by atoms with Gasteiger partial charge in [0.1, 0.15) is 0 Å². The number of alkyl halides is 2. The van der Waals surface area contributed by atoms with E-state index in [-0.39, 0.29) is 11.9 Å². The Morgan fingerprint density at radius 1 is 1.28 bits per heavy atom. The van der Waals surface area contributed by atoms with Gasteiger partial charge < -0.3 is 25.7 Å². The SMILES string of the molecule is CNc1cc(C(=O)NC2CCC(CCN3CCc4nc(OCC(F)F)sc4CC3)CC2)ccc1C=N. The number of amides is 1. The average Bonchev–Trinajstić information content (AvgIpc) is 3.19. The number of thiazole rings is 1. The molecule has 4 rings (SSSR count). The fourth-order valence-electron chi connectivity index (χ4n) is 5.07. The molecule has 2 aliphatic rings. The molecular weight excluding hydrogens is 484 g/mol.